The van der Waals surface area contributed by atoms with Crippen LogP contribution in [0, 0.1) is 6.92 Å². The van der Waals surface area contributed by atoms with Gasteiger partial charge in [-0.1, -0.05) is 6.92 Å². The molecule has 1 aromatic carbocycles. The molecule has 1 aliphatic rings. The summed E-state index contributed by atoms with van der Waals surface area (Å²) < 4.78 is 32.3. The third-order valence-corrected chi connectivity index (χ3v) is 6.04. The van der Waals surface area contributed by atoms with Crippen molar-refractivity contribution < 1.29 is 17.9 Å². The number of esters is 1. The Labute approximate surface area is 150 Å². The minimum absolute atomic E-state index is 0. The molecular formula is C16H25ClN2O4S. The van der Waals surface area contributed by atoms with E-state index in [0.717, 1.165) is 19.4 Å². The summed E-state index contributed by atoms with van der Waals surface area (Å²) in [5, 5.41) is 3.21. The van der Waals surface area contributed by atoms with E-state index < -0.39 is 16.0 Å². The minimum atomic E-state index is -3.58. The minimum Gasteiger partial charge on any atom is -0.465 e. The predicted octanol–water partition coefficient (Wildman–Crippen LogP) is 1.97. The number of ether oxygens (including phenoxy) is 1. The highest BCUT2D eigenvalue weighted by Gasteiger charge is 2.32. The summed E-state index contributed by atoms with van der Waals surface area (Å²) in [6, 6.07) is 4.54. The van der Waals surface area contributed by atoms with Crippen molar-refractivity contribution in [3.05, 3.63) is 29.3 Å². The van der Waals surface area contributed by atoms with E-state index in [1.807, 2.05) is 6.92 Å². The lowest BCUT2D eigenvalue weighted by Gasteiger charge is -2.27. The number of rotatable bonds is 6. The molecule has 2 rings (SSSR count). The Balaban J connectivity index is 0.00000288. The van der Waals surface area contributed by atoms with Crippen molar-refractivity contribution in [3.63, 3.8) is 0 Å². The summed E-state index contributed by atoms with van der Waals surface area (Å²) in [6.45, 7) is 5.69. The van der Waals surface area contributed by atoms with Crippen LogP contribution in [0.15, 0.2) is 23.1 Å². The zero-order valence-corrected chi connectivity index (χ0v) is 15.9. The molecule has 1 saturated heterocycles. The average Bonchev–Trinajstić information content (AvgIpc) is 3.05. The molecule has 0 radical (unpaired) electrons. The molecular weight excluding hydrogens is 352 g/mol. The Morgan fingerprint density at radius 2 is 2.12 bits per heavy atom. The van der Waals surface area contributed by atoms with E-state index in [1.54, 1.807) is 17.3 Å². The summed E-state index contributed by atoms with van der Waals surface area (Å²) in [4.78, 5) is 11.9. The molecule has 0 bridgehead atoms. The second kappa shape index (κ2) is 8.80. The fourth-order valence-electron chi connectivity index (χ4n) is 2.88. The third-order valence-electron chi connectivity index (χ3n) is 4.10. The molecule has 0 aliphatic carbocycles. The first-order chi connectivity index (χ1) is 10.9. The number of sulfonamides is 1. The van der Waals surface area contributed by atoms with Gasteiger partial charge in [0.15, 0.2) is 0 Å². The number of halogens is 1. The van der Waals surface area contributed by atoms with Gasteiger partial charge in [0.25, 0.3) is 0 Å². The number of hydrogen-bond acceptors (Lipinski definition) is 5. The normalized spacial score (nSPS) is 17.6. The molecule has 136 valence electrons. The van der Waals surface area contributed by atoms with Gasteiger partial charge in [0.1, 0.15) is 0 Å². The lowest BCUT2D eigenvalue weighted by Crippen LogP contribution is -2.42. The largest absolute Gasteiger partial charge is 0.465 e. The SMILES string of the molecule is CCCN(C1CCNC1)S(=O)(=O)c1ccc(C(=O)OC)c(C)c1.Cl. The maximum Gasteiger partial charge on any atom is 0.338 e. The highest BCUT2D eigenvalue weighted by Crippen LogP contribution is 2.24. The quantitative estimate of drug-likeness (QED) is 0.768. The van der Waals surface area contributed by atoms with Gasteiger partial charge in [0.05, 0.1) is 17.6 Å². The predicted molar refractivity (Wildman–Crippen MR) is 95.2 cm³/mol. The fourth-order valence-corrected chi connectivity index (χ4v) is 4.71. The molecule has 0 saturated carbocycles. The molecule has 1 aliphatic heterocycles. The van der Waals surface area contributed by atoms with Crippen molar-refractivity contribution in [2.24, 2.45) is 0 Å². The Morgan fingerprint density at radius 1 is 1.42 bits per heavy atom. The van der Waals surface area contributed by atoms with Crippen LogP contribution in [0.4, 0.5) is 0 Å². The second-order valence-corrected chi connectivity index (χ2v) is 7.62. The molecule has 0 amide bonds. The first-order valence-electron chi connectivity index (χ1n) is 7.83. The highest BCUT2D eigenvalue weighted by atomic mass is 35.5. The number of methoxy groups -OCH3 is 1. The Hall–Kier alpha value is -1.15. The van der Waals surface area contributed by atoms with Crippen LogP contribution >= 0.6 is 12.4 Å². The first-order valence-corrected chi connectivity index (χ1v) is 9.27. The van der Waals surface area contributed by atoms with E-state index in [1.165, 1.54) is 19.2 Å². The number of nitrogens with one attached hydrogen (secondary N) is 1. The van der Waals surface area contributed by atoms with Crippen molar-refractivity contribution in [2.75, 3.05) is 26.7 Å². The molecule has 1 unspecified atom stereocenters. The molecule has 1 fully saturated rings. The van der Waals surface area contributed by atoms with Crippen LogP contribution < -0.4 is 5.32 Å². The lowest BCUT2D eigenvalue weighted by molar-refractivity contribution is 0.0600. The van der Waals surface area contributed by atoms with E-state index >= 15 is 0 Å². The third kappa shape index (κ3) is 4.27. The number of aryl methyl sites for hydroxylation is 1. The number of carbonyl (C=O) groups excluding carboxylic acids is 1. The van der Waals surface area contributed by atoms with Gasteiger partial charge in [-0.25, -0.2) is 13.2 Å². The smallest absolute Gasteiger partial charge is 0.338 e. The van der Waals surface area contributed by atoms with Crippen molar-refractivity contribution >= 4 is 28.4 Å². The van der Waals surface area contributed by atoms with Crippen molar-refractivity contribution in [1.29, 1.82) is 0 Å². The van der Waals surface area contributed by atoms with Crippen molar-refractivity contribution in [3.8, 4) is 0 Å². The zero-order valence-electron chi connectivity index (χ0n) is 14.2. The molecule has 24 heavy (non-hydrogen) atoms. The van der Waals surface area contributed by atoms with E-state index in [9.17, 15) is 13.2 Å². The standard InChI is InChI=1S/C16H24N2O4S.ClH/c1-4-9-18(13-7-8-17-11-13)23(20,21)14-5-6-15(12(2)10-14)16(19)22-3;/h5-6,10,13,17H,4,7-9,11H2,1-3H3;1H. The first kappa shape index (κ1) is 20.9. The number of nitrogens with zero attached hydrogens (tertiary/aromatic N) is 1. The van der Waals surface area contributed by atoms with Crippen LogP contribution in [0.3, 0.4) is 0 Å². The molecule has 0 aromatic heterocycles. The average molecular weight is 377 g/mol. The fraction of sp³-hybridized carbons (Fsp3) is 0.562. The second-order valence-electron chi connectivity index (χ2n) is 5.73. The molecule has 1 aromatic rings. The summed E-state index contributed by atoms with van der Waals surface area (Å²) in [7, 11) is -2.27. The van der Waals surface area contributed by atoms with Gasteiger partial charge in [0, 0.05) is 19.1 Å². The zero-order chi connectivity index (χ0) is 17.0. The van der Waals surface area contributed by atoms with E-state index in [2.05, 4.69) is 5.32 Å². The topological polar surface area (TPSA) is 75.7 Å². The molecule has 1 heterocycles. The van der Waals surface area contributed by atoms with Crippen molar-refractivity contribution in [2.45, 2.75) is 37.6 Å². The van der Waals surface area contributed by atoms with Crippen LogP contribution in [0.5, 0.6) is 0 Å². The summed E-state index contributed by atoms with van der Waals surface area (Å²) in [6.07, 6.45) is 1.58. The maximum atomic E-state index is 13.0. The summed E-state index contributed by atoms with van der Waals surface area (Å²) in [5.41, 5.74) is 0.981. The van der Waals surface area contributed by atoms with Crippen LogP contribution in [0.1, 0.15) is 35.7 Å². The molecule has 0 spiro atoms. The van der Waals surface area contributed by atoms with Gasteiger partial charge in [-0.15, -0.1) is 12.4 Å². The molecule has 1 N–H and O–H groups in total. The van der Waals surface area contributed by atoms with Gasteiger partial charge in [-0.05, 0) is 50.1 Å². The monoisotopic (exact) mass is 376 g/mol. The molecule has 1 atom stereocenters. The Kier molecular flexibility index (Phi) is 7.66. The van der Waals surface area contributed by atoms with Gasteiger partial charge in [0.2, 0.25) is 10.0 Å². The lowest BCUT2D eigenvalue weighted by atomic mass is 10.1. The van der Waals surface area contributed by atoms with Crippen molar-refractivity contribution in [1.82, 2.24) is 9.62 Å². The van der Waals surface area contributed by atoms with Gasteiger partial charge in [-0.3, -0.25) is 0 Å². The van der Waals surface area contributed by atoms with Crippen LogP contribution in [0.2, 0.25) is 0 Å². The Bertz CT molecular complexity index is 673. The van der Waals surface area contributed by atoms with E-state index in [4.69, 9.17) is 4.74 Å². The number of carbonyl (C=O) groups is 1. The van der Waals surface area contributed by atoms with Crippen LogP contribution in [0.25, 0.3) is 0 Å². The van der Waals surface area contributed by atoms with Crippen LogP contribution in [-0.4, -0.2) is 51.5 Å². The number of benzene rings is 1. The summed E-state index contributed by atoms with van der Waals surface area (Å²) >= 11 is 0. The van der Waals surface area contributed by atoms with Crippen LogP contribution in [-0.2, 0) is 14.8 Å². The highest BCUT2D eigenvalue weighted by molar-refractivity contribution is 7.89. The number of hydrogen-bond donors (Lipinski definition) is 1. The van der Waals surface area contributed by atoms with Gasteiger partial charge < -0.3 is 10.1 Å². The molecule has 8 heteroatoms. The van der Waals surface area contributed by atoms with Gasteiger partial charge >= 0.3 is 5.97 Å². The van der Waals surface area contributed by atoms with E-state index in [0.29, 0.717) is 24.2 Å². The maximum absolute atomic E-state index is 13.0. The summed E-state index contributed by atoms with van der Waals surface area (Å²) in [5.74, 6) is -0.461. The molecule has 6 nitrogen and oxygen atoms in total. The Morgan fingerprint density at radius 3 is 2.62 bits per heavy atom. The van der Waals surface area contributed by atoms with Gasteiger partial charge in [-0.2, -0.15) is 4.31 Å². The van der Waals surface area contributed by atoms with E-state index in [-0.39, 0.29) is 23.3 Å².